The zero-order chi connectivity index (χ0) is 24.1. The van der Waals surface area contributed by atoms with Crippen molar-refractivity contribution in [1.29, 1.82) is 0 Å². The molecule has 0 aliphatic carbocycles. The average molecular weight is 485 g/mol. The molecule has 0 aromatic heterocycles. The molecular formula is C26H33ClN4O3. The molecule has 1 atom stereocenters. The van der Waals surface area contributed by atoms with Crippen molar-refractivity contribution in [1.82, 2.24) is 4.90 Å². The highest BCUT2D eigenvalue weighted by atomic mass is 35.5. The Labute approximate surface area is 206 Å². The van der Waals surface area contributed by atoms with E-state index in [4.69, 9.17) is 22.1 Å². The van der Waals surface area contributed by atoms with Crippen molar-refractivity contribution in [3.05, 3.63) is 53.1 Å². The fourth-order valence-corrected chi connectivity index (χ4v) is 5.06. The number of carbonyl (C=O) groups excluding carboxylic acids is 2. The second-order valence-corrected chi connectivity index (χ2v) is 9.44. The Balaban J connectivity index is 1.33. The Kier molecular flexibility index (Phi) is 7.95. The van der Waals surface area contributed by atoms with Crippen LogP contribution in [-0.2, 0) is 9.59 Å². The monoisotopic (exact) mass is 484 g/mol. The van der Waals surface area contributed by atoms with Gasteiger partial charge in [0.05, 0.1) is 11.6 Å². The van der Waals surface area contributed by atoms with Crippen molar-refractivity contribution >= 4 is 34.8 Å². The number of hydrogen-bond acceptors (Lipinski definition) is 5. The second-order valence-electron chi connectivity index (χ2n) is 9.03. The summed E-state index contributed by atoms with van der Waals surface area (Å²) in [5.41, 5.74) is 8.67. The third-order valence-corrected chi connectivity index (χ3v) is 6.99. The summed E-state index contributed by atoms with van der Waals surface area (Å²) in [4.78, 5) is 29.0. The van der Waals surface area contributed by atoms with E-state index in [2.05, 4.69) is 41.4 Å². The molecule has 0 spiro atoms. The molecule has 8 heteroatoms. The number of nitrogens with zero attached hydrogens (tertiary/aromatic N) is 2. The summed E-state index contributed by atoms with van der Waals surface area (Å²) >= 11 is 6.50. The van der Waals surface area contributed by atoms with E-state index in [1.807, 2.05) is 0 Å². The zero-order valence-electron chi connectivity index (χ0n) is 19.6. The molecule has 34 heavy (non-hydrogen) atoms. The minimum absolute atomic E-state index is 0.0917. The number of anilines is 2. The topological polar surface area (TPSA) is 87.9 Å². The number of para-hydroxylation sites is 1. The number of likely N-dealkylation sites (tertiary alicyclic amines) is 1. The molecule has 2 fully saturated rings. The van der Waals surface area contributed by atoms with E-state index >= 15 is 0 Å². The quantitative estimate of drug-likeness (QED) is 0.647. The first kappa shape index (κ1) is 24.4. The lowest BCUT2D eigenvalue weighted by Crippen LogP contribution is -2.51. The number of hydrogen-bond donors (Lipinski definition) is 2. The number of halogens is 1. The number of ether oxygens (including phenoxy) is 1. The maximum Gasteiger partial charge on any atom is 0.247 e. The Hall–Kier alpha value is -2.77. The van der Waals surface area contributed by atoms with Gasteiger partial charge in [-0.15, -0.1) is 0 Å². The van der Waals surface area contributed by atoms with Crippen LogP contribution < -0.4 is 20.7 Å². The summed E-state index contributed by atoms with van der Waals surface area (Å²) in [6, 6.07) is 13.2. The minimum Gasteiger partial charge on any atom is -0.489 e. The molecule has 2 aliphatic heterocycles. The first-order valence-electron chi connectivity index (χ1n) is 12.0. The van der Waals surface area contributed by atoms with Gasteiger partial charge < -0.3 is 25.6 Å². The van der Waals surface area contributed by atoms with Crippen LogP contribution in [0.1, 0.15) is 37.7 Å². The lowest BCUT2D eigenvalue weighted by molar-refractivity contribution is -0.139. The van der Waals surface area contributed by atoms with Gasteiger partial charge in [-0.1, -0.05) is 29.8 Å². The van der Waals surface area contributed by atoms with Crippen LogP contribution in [-0.4, -0.2) is 55.0 Å². The van der Waals surface area contributed by atoms with E-state index in [0.717, 1.165) is 38.8 Å². The van der Waals surface area contributed by atoms with Crippen LogP contribution in [0.15, 0.2) is 42.5 Å². The molecule has 0 radical (unpaired) electrons. The molecule has 7 nitrogen and oxygen atoms in total. The Morgan fingerprint density at radius 3 is 2.56 bits per heavy atom. The van der Waals surface area contributed by atoms with Gasteiger partial charge >= 0.3 is 0 Å². The summed E-state index contributed by atoms with van der Waals surface area (Å²) in [5.74, 6) is 0.205. The van der Waals surface area contributed by atoms with Crippen LogP contribution >= 0.6 is 11.6 Å². The molecular weight excluding hydrogens is 452 g/mol. The Bertz CT molecular complexity index is 1020. The number of benzene rings is 2. The number of aryl methyl sites for hydroxylation is 1. The maximum atomic E-state index is 12.9. The largest absolute Gasteiger partial charge is 0.489 e. The number of amides is 2. The van der Waals surface area contributed by atoms with Gasteiger partial charge in [-0.05, 0) is 56.0 Å². The van der Waals surface area contributed by atoms with Gasteiger partial charge in [0.15, 0.2) is 0 Å². The van der Waals surface area contributed by atoms with Crippen molar-refractivity contribution in [3.8, 4) is 5.75 Å². The van der Waals surface area contributed by atoms with E-state index in [0.29, 0.717) is 29.4 Å². The van der Waals surface area contributed by atoms with Crippen molar-refractivity contribution in [2.75, 3.05) is 36.4 Å². The van der Waals surface area contributed by atoms with Gasteiger partial charge in [0.1, 0.15) is 17.9 Å². The number of rotatable bonds is 6. The third-order valence-electron chi connectivity index (χ3n) is 6.69. The molecule has 3 N–H and O–H groups in total. The zero-order valence-corrected chi connectivity index (χ0v) is 20.4. The highest BCUT2D eigenvalue weighted by Gasteiger charge is 2.31. The summed E-state index contributed by atoms with van der Waals surface area (Å²) in [7, 11) is 0. The fraction of sp³-hybridized carbons (Fsp3) is 0.462. The van der Waals surface area contributed by atoms with Crippen LogP contribution in [0.25, 0.3) is 0 Å². The lowest BCUT2D eigenvalue weighted by atomic mass is 10.0. The van der Waals surface area contributed by atoms with Crippen molar-refractivity contribution in [2.45, 2.75) is 51.2 Å². The summed E-state index contributed by atoms with van der Waals surface area (Å²) in [6.45, 7) is 4.47. The Morgan fingerprint density at radius 1 is 1.09 bits per heavy atom. The van der Waals surface area contributed by atoms with Crippen LogP contribution in [0.3, 0.4) is 0 Å². The normalized spacial score (nSPS) is 19.1. The SMILES string of the molecule is Cc1ccccc1N1CCC(Oc2ccc(NC(=O)[C@H]3CCCCN3C(=O)CN)cc2Cl)CC1. The minimum atomic E-state index is -0.502. The molecule has 4 rings (SSSR count). The average Bonchev–Trinajstić information content (AvgIpc) is 2.86. The lowest BCUT2D eigenvalue weighted by Gasteiger charge is -2.35. The van der Waals surface area contributed by atoms with E-state index < -0.39 is 6.04 Å². The predicted octanol–water partition coefficient (Wildman–Crippen LogP) is 3.97. The number of carbonyl (C=O) groups is 2. The molecule has 2 saturated heterocycles. The Morgan fingerprint density at radius 2 is 1.85 bits per heavy atom. The van der Waals surface area contributed by atoms with Gasteiger partial charge in [-0.3, -0.25) is 9.59 Å². The van der Waals surface area contributed by atoms with E-state index in [-0.39, 0.29) is 24.5 Å². The fourth-order valence-electron chi connectivity index (χ4n) is 4.83. The second kappa shape index (κ2) is 11.1. The first-order chi connectivity index (χ1) is 16.5. The molecule has 182 valence electrons. The summed E-state index contributed by atoms with van der Waals surface area (Å²) in [6.07, 6.45) is 4.34. The van der Waals surface area contributed by atoms with Crippen LogP contribution in [0.2, 0.25) is 5.02 Å². The van der Waals surface area contributed by atoms with E-state index in [1.54, 1.807) is 23.1 Å². The van der Waals surface area contributed by atoms with Crippen LogP contribution in [0.4, 0.5) is 11.4 Å². The van der Waals surface area contributed by atoms with Crippen LogP contribution in [0.5, 0.6) is 5.75 Å². The summed E-state index contributed by atoms with van der Waals surface area (Å²) in [5, 5.41) is 3.36. The van der Waals surface area contributed by atoms with Gasteiger partial charge in [0.25, 0.3) is 0 Å². The number of nitrogens with two attached hydrogens (primary N) is 1. The molecule has 2 amide bonds. The summed E-state index contributed by atoms with van der Waals surface area (Å²) < 4.78 is 6.20. The van der Waals surface area contributed by atoms with E-state index in [1.165, 1.54) is 11.3 Å². The van der Waals surface area contributed by atoms with E-state index in [9.17, 15) is 9.59 Å². The maximum absolute atomic E-state index is 12.9. The third kappa shape index (κ3) is 5.65. The van der Waals surface area contributed by atoms with Gasteiger partial charge in [-0.25, -0.2) is 0 Å². The highest BCUT2D eigenvalue weighted by Crippen LogP contribution is 2.32. The first-order valence-corrected chi connectivity index (χ1v) is 12.4. The van der Waals surface area contributed by atoms with Gasteiger partial charge in [0.2, 0.25) is 11.8 Å². The molecule has 2 aromatic carbocycles. The smallest absolute Gasteiger partial charge is 0.247 e. The molecule has 0 bridgehead atoms. The number of nitrogens with one attached hydrogen (secondary N) is 1. The standard InChI is InChI=1S/C26H33ClN4O3/c1-18-6-2-3-7-22(18)30-14-11-20(12-15-30)34-24-10-9-19(16-21(24)27)29-26(33)23-8-4-5-13-31(23)25(32)17-28/h2-3,6-7,9-10,16,20,23H,4-5,8,11-15,17,28H2,1H3,(H,29,33)/t23-/m1/s1. The van der Waals surface area contributed by atoms with Crippen molar-refractivity contribution in [2.24, 2.45) is 5.73 Å². The molecule has 0 saturated carbocycles. The highest BCUT2D eigenvalue weighted by molar-refractivity contribution is 6.32. The molecule has 2 aromatic rings. The van der Waals surface area contributed by atoms with Gasteiger partial charge in [0, 0.05) is 43.9 Å². The molecule has 0 unspecified atom stereocenters. The van der Waals surface area contributed by atoms with Crippen molar-refractivity contribution in [3.63, 3.8) is 0 Å². The number of piperidine rings is 2. The van der Waals surface area contributed by atoms with Gasteiger partial charge in [-0.2, -0.15) is 0 Å². The predicted molar refractivity (Wildman–Crippen MR) is 136 cm³/mol. The van der Waals surface area contributed by atoms with Crippen molar-refractivity contribution < 1.29 is 14.3 Å². The van der Waals surface area contributed by atoms with Crippen LogP contribution in [0, 0.1) is 6.92 Å². The molecule has 2 heterocycles. The molecule has 2 aliphatic rings.